The predicted octanol–water partition coefficient (Wildman–Crippen LogP) is 1.63. The van der Waals surface area contributed by atoms with Gasteiger partial charge in [0.15, 0.2) is 0 Å². The van der Waals surface area contributed by atoms with E-state index in [0.29, 0.717) is 17.2 Å². The van der Waals surface area contributed by atoms with Crippen LogP contribution in [0.1, 0.15) is 37.0 Å². The van der Waals surface area contributed by atoms with Crippen LogP contribution in [0.5, 0.6) is 0 Å². The number of nitrogens with zero attached hydrogens (tertiary/aromatic N) is 2. The van der Waals surface area contributed by atoms with Crippen LogP contribution in [0.2, 0.25) is 0 Å². The second-order valence-electron chi connectivity index (χ2n) is 5.06. The fourth-order valence-electron chi connectivity index (χ4n) is 1.95. The maximum atomic E-state index is 12.5. The smallest absolute Gasteiger partial charge is 0.257 e. The van der Waals surface area contributed by atoms with E-state index >= 15 is 0 Å². The molecule has 0 aliphatic heterocycles. The van der Waals surface area contributed by atoms with Gasteiger partial charge in [-0.1, -0.05) is 0 Å². The number of hydrogen-bond acceptors (Lipinski definition) is 4. The first-order valence-electron chi connectivity index (χ1n) is 6.35. The Balaban J connectivity index is 2.20. The third kappa shape index (κ3) is 2.79. The number of amides is 1. The predicted molar refractivity (Wildman–Crippen MR) is 70.9 cm³/mol. The molecular weight excluding hydrogens is 228 g/mol. The van der Waals surface area contributed by atoms with Crippen LogP contribution in [0.25, 0.3) is 0 Å². The normalized spacial score (nSPS) is 14.7. The number of hydrogen-bond donors (Lipinski definition) is 2. The van der Waals surface area contributed by atoms with Crippen molar-refractivity contribution in [3.05, 3.63) is 24.0 Å². The van der Waals surface area contributed by atoms with E-state index in [9.17, 15) is 4.79 Å². The Morgan fingerprint density at radius 2 is 2.33 bits per heavy atom. The summed E-state index contributed by atoms with van der Waals surface area (Å²) in [6, 6.07) is 1.90. The van der Waals surface area contributed by atoms with E-state index in [4.69, 9.17) is 5.84 Å². The molecule has 2 rings (SSSR count). The molecule has 0 saturated heterocycles. The van der Waals surface area contributed by atoms with E-state index in [-0.39, 0.29) is 11.9 Å². The first-order chi connectivity index (χ1) is 8.63. The average molecular weight is 248 g/mol. The van der Waals surface area contributed by atoms with Crippen molar-refractivity contribution in [3.63, 3.8) is 0 Å². The van der Waals surface area contributed by atoms with Crippen molar-refractivity contribution < 1.29 is 4.79 Å². The largest absolute Gasteiger partial charge is 0.336 e. The Bertz CT molecular complexity index is 429. The molecule has 0 atom stereocenters. The Labute approximate surface area is 107 Å². The molecule has 1 amide bonds. The second kappa shape index (κ2) is 5.35. The lowest BCUT2D eigenvalue weighted by atomic mass is 10.1. The summed E-state index contributed by atoms with van der Waals surface area (Å²) in [5, 5.41) is 0. The molecule has 5 nitrogen and oxygen atoms in total. The summed E-state index contributed by atoms with van der Waals surface area (Å²) in [5.41, 5.74) is 3.71. The molecule has 0 unspecified atom stereocenters. The standard InChI is InChI=1S/C13H20N4O/c1-9(2)17(8-10-3-4-10)13(18)11-7-15-6-5-12(11)16-14/h5-7,9-10H,3-4,8,14H2,1-2H3,(H,15,16). The zero-order valence-electron chi connectivity index (χ0n) is 10.9. The van der Waals surface area contributed by atoms with Gasteiger partial charge in [-0.15, -0.1) is 0 Å². The zero-order valence-corrected chi connectivity index (χ0v) is 10.9. The fraction of sp³-hybridized carbons (Fsp3) is 0.538. The van der Waals surface area contributed by atoms with Gasteiger partial charge in [0.2, 0.25) is 0 Å². The van der Waals surface area contributed by atoms with Crippen molar-refractivity contribution >= 4 is 11.6 Å². The second-order valence-corrected chi connectivity index (χ2v) is 5.06. The van der Waals surface area contributed by atoms with E-state index < -0.39 is 0 Å². The van der Waals surface area contributed by atoms with Crippen LogP contribution in [-0.4, -0.2) is 28.4 Å². The maximum Gasteiger partial charge on any atom is 0.257 e. The summed E-state index contributed by atoms with van der Waals surface area (Å²) in [6.45, 7) is 4.90. The summed E-state index contributed by atoms with van der Waals surface area (Å²) in [7, 11) is 0. The van der Waals surface area contributed by atoms with Crippen LogP contribution in [-0.2, 0) is 0 Å². The molecule has 1 aromatic heterocycles. The number of aromatic nitrogens is 1. The zero-order chi connectivity index (χ0) is 13.1. The van der Waals surface area contributed by atoms with Gasteiger partial charge < -0.3 is 10.3 Å². The van der Waals surface area contributed by atoms with Gasteiger partial charge >= 0.3 is 0 Å². The van der Waals surface area contributed by atoms with Crippen molar-refractivity contribution in [2.75, 3.05) is 12.0 Å². The number of nitrogen functional groups attached to an aromatic ring is 1. The number of nitrogens with one attached hydrogen (secondary N) is 1. The van der Waals surface area contributed by atoms with Crippen LogP contribution >= 0.6 is 0 Å². The molecule has 1 saturated carbocycles. The number of hydrazine groups is 1. The lowest BCUT2D eigenvalue weighted by molar-refractivity contribution is 0.0697. The van der Waals surface area contributed by atoms with Crippen LogP contribution in [0, 0.1) is 5.92 Å². The molecule has 1 fully saturated rings. The van der Waals surface area contributed by atoms with Gasteiger partial charge in [-0.3, -0.25) is 15.6 Å². The van der Waals surface area contributed by atoms with Crippen LogP contribution in [0.15, 0.2) is 18.5 Å². The monoisotopic (exact) mass is 248 g/mol. The molecule has 5 heteroatoms. The molecule has 98 valence electrons. The number of carbonyl (C=O) groups is 1. The molecule has 0 radical (unpaired) electrons. The van der Waals surface area contributed by atoms with Crippen molar-refractivity contribution in [1.29, 1.82) is 0 Å². The van der Waals surface area contributed by atoms with E-state index in [1.165, 1.54) is 12.8 Å². The SMILES string of the molecule is CC(C)N(CC1CC1)C(=O)c1cnccc1NN. The third-order valence-electron chi connectivity index (χ3n) is 3.24. The first kappa shape index (κ1) is 12.8. The number of anilines is 1. The Morgan fingerprint density at radius 1 is 1.61 bits per heavy atom. The Morgan fingerprint density at radius 3 is 2.89 bits per heavy atom. The minimum Gasteiger partial charge on any atom is -0.336 e. The van der Waals surface area contributed by atoms with Crippen LogP contribution in [0.4, 0.5) is 5.69 Å². The summed E-state index contributed by atoms with van der Waals surface area (Å²) >= 11 is 0. The molecule has 0 aromatic carbocycles. The highest BCUT2D eigenvalue weighted by Gasteiger charge is 2.29. The van der Waals surface area contributed by atoms with E-state index in [0.717, 1.165) is 6.54 Å². The number of carbonyl (C=O) groups excluding carboxylic acids is 1. The highest BCUT2D eigenvalue weighted by atomic mass is 16.2. The minimum atomic E-state index is -0.00190. The quantitative estimate of drug-likeness (QED) is 0.613. The van der Waals surface area contributed by atoms with Gasteiger partial charge in [-0.05, 0) is 38.7 Å². The van der Waals surface area contributed by atoms with Crippen LogP contribution < -0.4 is 11.3 Å². The van der Waals surface area contributed by atoms with Gasteiger partial charge in [-0.25, -0.2) is 0 Å². The lowest BCUT2D eigenvalue weighted by Crippen LogP contribution is -2.39. The van der Waals surface area contributed by atoms with E-state index in [2.05, 4.69) is 10.4 Å². The van der Waals surface area contributed by atoms with Gasteiger partial charge in [-0.2, -0.15) is 0 Å². The highest BCUT2D eigenvalue weighted by Crippen LogP contribution is 2.31. The molecule has 18 heavy (non-hydrogen) atoms. The maximum absolute atomic E-state index is 12.5. The van der Waals surface area contributed by atoms with Crippen molar-refractivity contribution in [1.82, 2.24) is 9.88 Å². The lowest BCUT2D eigenvalue weighted by Gasteiger charge is -2.27. The molecule has 1 aromatic rings. The molecule has 1 heterocycles. The first-order valence-corrected chi connectivity index (χ1v) is 6.35. The molecule has 1 aliphatic rings. The molecule has 0 spiro atoms. The van der Waals surface area contributed by atoms with Gasteiger partial charge in [0.05, 0.1) is 11.3 Å². The fourth-order valence-corrected chi connectivity index (χ4v) is 1.95. The summed E-state index contributed by atoms with van der Waals surface area (Å²) < 4.78 is 0. The number of rotatable bonds is 5. The molecular formula is C13H20N4O. The molecule has 0 bridgehead atoms. The number of nitrogens with two attached hydrogens (primary N) is 1. The molecule has 1 aliphatic carbocycles. The van der Waals surface area contributed by atoms with Gasteiger partial charge in [0.1, 0.15) is 0 Å². The van der Waals surface area contributed by atoms with Gasteiger partial charge in [0.25, 0.3) is 5.91 Å². The van der Waals surface area contributed by atoms with E-state index in [1.54, 1.807) is 18.5 Å². The van der Waals surface area contributed by atoms with Gasteiger partial charge in [0, 0.05) is 25.0 Å². The summed E-state index contributed by atoms with van der Waals surface area (Å²) in [6.07, 6.45) is 5.64. The Hall–Kier alpha value is -1.62. The highest BCUT2D eigenvalue weighted by molar-refractivity contribution is 5.99. The minimum absolute atomic E-state index is 0.00190. The average Bonchev–Trinajstić information content (AvgIpc) is 3.18. The third-order valence-corrected chi connectivity index (χ3v) is 3.24. The van der Waals surface area contributed by atoms with E-state index in [1.807, 2.05) is 18.7 Å². The number of pyridine rings is 1. The Kier molecular flexibility index (Phi) is 3.81. The van der Waals surface area contributed by atoms with Crippen molar-refractivity contribution in [2.45, 2.75) is 32.7 Å². The van der Waals surface area contributed by atoms with Crippen molar-refractivity contribution in [2.24, 2.45) is 11.8 Å². The molecule has 3 N–H and O–H groups in total. The van der Waals surface area contributed by atoms with Crippen LogP contribution in [0.3, 0.4) is 0 Å². The van der Waals surface area contributed by atoms with Crippen molar-refractivity contribution in [3.8, 4) is 0 Å². The summed E-state index contributed by atoms with van der Waals surface area (Å²) in [5.74, 6) is 6.10. The topological polar surface area (TPSA) is 71.2 Å². The summed E-state index contributed by atoms with van der Waals surface area (Å²) in [4.78, 5) is 18.4.